The van der Waals surface area contributed by atoms with Crippen molar-refractivity contribution in [2.45, 2.75) is 69.9 Å². The molecule has 0 radical (unpaired) electrons. The van der Waals surface area contributed by atoms with Crippen LogP contribution in [0.25, 0.3) is 0 Å². The van der Waals surface area contributed by atoms with Gasteiger partial charge in [0.2, 0.25) is 0 Å². The van der Waals surface area contributed by atoms with Crippen LogP contribution in [-0.2, 0) is 17.5 Å². The van der Waals surface area contributed by atoms with Gasteiger partial charge >= 0.3 is 12.1 Å². The van der Waals surface area contributed by atoms with Crippen LogP contribution in [0.3, 0.4) is 0 Å². The first-order chi connectivity index (χ1) is 10.8. The molecule has 3 rings (SSSR count). The lowest BCUT2D eigenvalue weighted by atomic mass is 10.0. The smallest absolute Gasteiger partial charge is 0.420 e. The van der Waals surface area contributed by atoms with Gasteiger partial charge in [0.15, 0.2) is 5.69 Å². The average molecular weight is 332 g/mol. The number of alkyl halides is 3. The Balaban J connectivity index is 1.97. The number of aromatic nitrogens is 2. The standard InChI is InChI=1S/C15H19F3N2O3/c1-8-3-2-4-10(23-8)7-20-13(14(21)22)11(15(16,17)18)12(19-20)9-5-6-9/h8-10H,2-7H2,1H3,(H,21,22). The van der Waals surface area contributed by atoms with Crippen LogP contribution in [0.15, 0.2) is 0 Å². The zero-order valence-corrected chi connectivity index (χ0v) is 12.8. The Hall–Kier alpha value is -1.57. The lowest BCUT2D eigenvalue weighted by molar-refractivity contribution is -0.138. The highest BCUT2D eigenvalue weighted by Crippen LogP contribution is 2.46. The first-order valence-electron chi connectivity index (χ1n) is 7.84. The van der Waals surface area contributed by atoms with E-state index in [1.807, 2.05) is 6.92 Å². The summed E-state index contributed by atoms with van der Waals surface area (Å²) in [5, 5.41) is 13.3. The second-order valence-electron chi connectivity index (χ2n) is 6.37. The SMILES string of the molecule is CC1CCCC(Cn2nc(C3CC3)c(C(F)(F)F)c2C(=O)O)O1. The largest absolute Gasteiger partial charge is 0.477 e. The summed E-state index contributed by atoms with van der Waals surface area (Å²) in [6.45, 7) is 1.95. The number of carboxylic acids is 1. The van der Waals surface area contributed by atoms with Crippen molar-refractivity contribution in [2.24, 2.45) is 0 Å². The van der Waals surface area contributed by atoms with E-state index in [2.05, 4.69) is 5.10 Å². The second kappa shape index (κ2) is 5.81. The summed E-state index contributed by atoms with van der Waals surface area (Å²) in [5.74, 6) is -1.88. The minimum atomic E-state index is -4.72. The number of carboxylic acid groups (broad SMARTS) is 1. The molecule has 2 fully saturated rings. The molecule has 1 aromatic heterocycles. The molecule has 0 aromatic carbocycles. The van der Waals surface area contributed by atoms with E-state index in [-0.39, 0.29) is 30.4 Å². The van der Waals surface area contributed by atoms with Crippen LogP contribution in [0.1, 0.15) is 66.7 Å². The normalized spacial score (nSPS) is 25.6. The van der Waals surface area contributed by atoms with Gasteiger partial charge in [0.05, 0.1) is 24.4 Å². The van der Waals surface area contributed by atoms with E-state index in [9.17, 15) is 23.1 Å². The summed E-state index contributed by atoms with van der Waals surface area (Å²) in [7, 11) is 0. The minimum Gasteiger partial charge on any atom is -0.477 e. The monoisotopic (exact) mass is 332 g/mol. The third kappa shape index (κ3) is 3.36. The topological polar surface area (TPSA) is 64.4 Å². The van der Waals surface area contributed by atoms with Crippen molar-refractivity contribution in [3.8, 4) is 0 Å². The third-order valence-electron chi connectivity index (χ3n) is 4.37. The van der Waals surface area contributed by atoms with E-state index in [4.69, 9.17) is 4.74 Å². The molecule has 0 spiro atoms. The number of halogens is 3. The van der Waals surface area contributed by atoms with E-state index in [1.165, 1.54) is 0 Å². The van der Waals surface area contributed by atoms with Gasteiger partial charge in [0.1, 0.15) is 5.56 Å². The Labute approximate surface area is 131 Å². The fourth-order valence-electron chi connectivity index (χ4n) is 3.18. The number of aromatic carboxylic acids is 1. The van der Waals surface area contributed by atoms with Gasteiger partial charge in [0, 0.05) is 5.92 Å². The molecule has 2 atom stereocenters. The van der Waals surface area contributed by atoms with Crippen molar-refractivity contribution < 1.29 is 27.8 Å². The highest BCUT2D eigenvalue weighted by atomic mass is 19.4. The van der Waals surface area contributed by atoms with Crippen LogP contribution in [0.4, 0.5) is 13.2 Å². The lowest BCUT2D eigenvalue weighted by Gasteiger charge is -2.28. The molecule has 8 heteroatoms. The molecule has 1 N–H and O–H groups in total. The molecule has 0 amide bonds. The van der Waals surface area contributed by atoms with Gasteiger partial charge in [-0.15, -0.1) is 0 Å². The molecule has 5 nitrogen and oxygen atoms in total. The van der Waals surface area contributed by atoms with Crippen LogP contribution in [-0.4, -0.2) is 33.1 Å². The zero-order chi connectivity index (χ0) is 16.8. The molecule has 2 aliphatic rings. The maximum atomic E-state index is 13.4. The Bertz CT molecular complexity index is 608. The third-order valence-corrected chi connectivity index (χ3v) is 4.37. The molecule has 23 heavy (non-hydrogen) atoms. The van der Waals surface area contributed by atoms with Gasteiger partial charge in [-0.3, -0.25) is 4.68 Å². The number of ether oxygens (including phenoxy) is 1. The summed E-state index contributed by atoms with van der Waals surface area (Å²) in [6.07, 6.45) is -1.23. The number of carbonyl (C=O) groups is 1. The fourth-order valence-corrected chi connectivity index (χ4v) is 3.18. The highest BCUT2D eigenvalue weighted by Gasteiger charge is 2.46. The summed E-state index contributed by atoms with van der Waals surface area (Å²) in [6, 6.07) is 0. The second-order valence-corrected chi connectivity index (χ2v) is 6.37. The number of hydrogen-bond donors (Lipinski definition) is 1. The maximum absolute atomic E-state index is 13.4. The van der Waals surface area contributed by atoms with Crippen LogP contribution in [0.2, 0.25) is 0 Å². The van der Waals surface area contributed by atoms with Gasteiger partial charge < -0.3 is 9.84 Å². The molecule has 1 saturated heterocycles. The molecule has 1 aromatic rings. The van der Waals surface area contributed by atoms with Crippen LogP contribution in [0.5, 0.6) is 0 Å². The molecule has 2 heterocycles. The zero-order valence-electron chi connectivity index (χ0n) is 12.8. The van der Waals surface area contributed by atoms with E-state index < -0.39 is 23.4 Å². The summed E-state index contributed by atoms with van der Waals surface area (Å²) < 4.78 is 46.8. The van der Waals surface area contributed by atoms with Gasteiger partial charge in [-0.2, -0.15) is 18.3 Å². The molecule has 1 saturated carbocycles. The Morgan fingerprint density at radius 2 is 2.04 bits per heavy atom. The first-order valence-corrected chi connectivity index (χ1v) is 7.84. The van der Waals surface area contributed by atoms with Gasteiger partial charge in [-0.05, 0) is 39.0 Å². The first kappa shape index (κ1) is 16.3. The molecular weight excluding hydrogens is 313 g/mol. The van der Waals surface area contributed by atoms with Crippen molar-refractivity contribution >= 4 is 5.97 Å². The van der Waals surface area contributed by atoms with E-state index in [1.54, 1.807) is 0 Å². The van der Waals surface area contributed by atoms with E-state index >= 15 is 0 Å². The average Bonchev–Trinajstić information content (AvgIpc) is 3.19. The molecule has 1 aliphatic heterocycles. The fraction of sp³-hybridized carbons (Fsp3) is 0.733. The Morgan fingerprint density at radius 3 is 2.57 bits per heavy atom. The molecular formula is C15H19F3N2O3. The highest BCUT2D eigenvalue weighted by molar-refractivity contribution is 5.88. The van der Waals surface area contributed by atoms with Crippen molar-refractivity contribution in [3.05, 3.63) is 17.0 Å². The van der Waals surface area contributed by atoms with Gasteiger partial charge in [-0.25, -0.2) is 4.79 Å². The molecule has 0 bridgehead atoms. The summed E-state index contributed by atoms with van der Waals surface area (Å²) in [4.78, 5) is 11.4. The van der Waals surface area contributed by atoms with Crippen LogP contribution < -0.4 is 0 Å². The number of nitrogens with zero attached hydrogens (tertiary/aromatic N) is 2. The van der Waals surface area contributed by atoms with Crippen LogP contribution in [0, 0.1) is 0 Å². The van der Waals surface area contributed by atoms with Crippen molar-refractivity contribution in [2.75, 3.05) is 0 Å². The van der Waals surface area contributed by atoms with Crippen molar-refractivity contribution in [3.63, 3.8) is 0 Å². The van der Waals surface area contributed by atoms with Crippen molar-refractivity contribution in [1.82, 2.24) is 9.78 Å². The lowest BCUT2D eigenvalue weighted by Crippen LogP contribution is -2.31. The van der Waals surface area contributed by atoms with Crippen LogP contribution >= 0.6 is 0 Å². The van der Waals surface area contributed by atoms with Crippen molar-refractivity contribution in [1.29, 1.82) is 0 Å². The van der Waals surface area contributed by atoms with E-state index in [0.29, 0.717) is 19.3 Å². The summed E-state index contributed by atoms with van der Waals surface area (Å²) in [5.41, 5.74) is -1.98. The minimum absolute atomic E-state index is 0.0302. The number of hydrogen-bond acceptors (Lipinski definition) is 3. The van der Waals surface area contributed by atoms with E-state index in [0.717, 1.165) is 17.5 Å². The van der Waals surface area contributed by atoms with Gasteiger partial charge in [-0.1, -0.05) is 0 Å². The maximum Gasteiger partial charge on any atom is 0.420 e. The Kier molecular flexibility index (Phi) is 4.12. The predicted molar refractivity (Wildman–Crippen MR) is 74.3 cm³/mol. The predicted octanol–water partition coefficient (Wildman–Crippen LogP) is 3.44. The summed E-state index contributed by atoms with van der Waals surface area (Å²) >= 11 is 0. The molecule has 1 aliphatic carbocycles. The van der Waals surface area contributed by atoms with Gasteiger partial charge in [0.25, 0.3) is 0 Å². The molecule has 2 unspecified atom stereocenters. The number of rotatable bonds is 4. The Morgan fingerprint density at radius 1 is 1.35 bits per heavy atom. The quantitative estimate of drug-likeness (QED) is 0.917. The molecule has 128 valence electrons.